The highest BCUT2D eigenvalue weighted by Crippen LogP contribution is 2.63. The maximum Gasteiger partial charge on any atom is -0.00968 e. The smallest absolute Gasteiger partial charge is 0.00968 e. The third kappa shape index (κ3) is 1.44. The molecule has 0 saturated heterocycles. The van der Waals surface area contributed by atoms with Gasteiger partial charge in [-0.25, -0.2) is 0 Å². The van der Waals surface area contributed by atoms with Gasteiger partial charge in [-0.2, -0.15) is 0 Å². The van der Waals surface area contributed by atoms with Crippen LogP contribution in [0.5, 0.6) is 0 Å². The van der Waals surface area contributed by atoms with Gasteiger partial charge < -0.3 is 0 Å². The molecule has 2 fully saturated rings. The SMILES string of the molecule is c1ccc2c(c1)CCC2C1(C2CCCC2)CCC1. The highest BCUT2D eigenvalue weighted by Gasteiger charge is 2.51. The van der Waals surface area contributed by atoms with Crippen molar-refractivity contribution in [2.24, 2.45) is 11.3 Å². The Morgan fingerprint density at radius 1 is 0.889 bits per heavy atom. The fourth-order valence-corrected chi connectivity index (χ4v) is 5.28. The van der Waals surface area contributed by atoms with Crippen LogP contribution in [0.1, 0.15) is 68.4 Å². The normalized spacial score (nSPS) is 30.1. The van der Waals surface area contributed by atoms with Crippen molar-refractivity contribution < 1.29 is 0 Å². The first kappa shape index (κ1) is 11.1. The first-order chi connectivity index (χ1) is 8.90. The van der Waals surface area contributed by atoms with Gasteiger partial charge in [-0.3, -0.25) is 0 Å². The molecule has 1 aromatic rings. The third-order valence-electron chi connectivity index (χ3n) is 6.28. The Morgan fingerprint density at radius 3 is 2.39 bits per heavy atom. The fraction of sp³-hybridized carbons (Fsp3) is 0.667. The summed E-state index contributed by atoms with van der Waals surface area (Å²) in [6.45, 7) is 0. The highest BCUT2D eigenvalue weighted by atomic mass is 14.6. The van der Waals surface area contributed by atoms with E-state index >= 15 is 0 Å². The van der Waals surface area contributed by atoms with E-state index in [4.69, 9.17) is 0 Å². The Labute approximate surface area is 111 Å². The van der Waals surface area contributed by atoms with E-state index in [0.29, 0.717) is 0 Å². The van der Waals surface area contributed by atoms with Gasteiger partial charge in [0.05, 0.1) is 0 Å². The van der Waals surface area contributed by atoms with Crippen LogP contribution in [0.3, 0.4) is 0 Å². The summed E-state index contributed by atoms with van der Waals surface area (Å²) in [6.07, 6.45) is 13.4. The first-order valence-corrected chi connectivity index (χ1v) is 7.98. The topological polar surface area (TPSA) is 0 Å². The number of rotatable bonds is 2. The van der Waals surface area contributed by atoms with Crippen molar-refractivity contribution in [3.05, 3.63) is 35.4 Å². The molecule has 0 heteroatoms. The minimum absolute atomic E-state index is 0.725. The molecule has 0 aliphatic heterocycles. The Hall–Kier alpha value is -0.780. The number of benzene rings is 1. The Kier molecular flexibility index (Phi) is 2.53. The quantitative estimate of drug-likeness (QED) is 0.676. The molecule has 4 rings (SSSR count). The summed E-state index contributed by atoms with van der Waals surface area (Å²) in [6, 6.07) is 9.29. The molecule has 2 saturated carbocycles. The summed E-state index contributed by atoms with van der Waals surface area (Å²) in [5.41, 5.74) is 4.11. The lowest BCUT2D eigenvalue weighted by Gasteiger charge is -2.52. The molecule has 18 heavy (non-hydrogen) atoms. The molecule has 0 aromatic heterocycles. The first-order valence-electron chi connectivity index (χ1n) is 7.98. The number of hydrogen-bond acceptors (Lipinski definition) is 0. The lowest BCUT2D eigenvalue weighted by Crippen LogP contribution is -2.41. The zero-order chi connectivity index (χ0) is 12.0. The molecule has 3 aliphatic carbocycles. The molecule has 0 radical (unpaired) electrons. The zero-order valence-electron chi connectivity index (χ0n) is 11.3. The summed E-state index contributed by atoms with van der Waals surface area (Å²) in [4.78, 5) is 0. The minimum Gasteiger partial charge on any atom is -0.0620 e. The van der Waals surface area contributed by atoms with Gasteiger partial charge in [0, 0.05) is 0 Å². The Morgan fingerprint density at radius 2 is 1.67 bits per heavy atom. The van der Waals surface area contributed by atoms with E-state index in [-0.39, 0.29) is 0 Å². The molecule has 96 valence electrons. The van der Waals surface area contributed by atoms with Crippen LogP contribution in [0.4, 0.5) is 0 Å². The average Bonchev–Trinajstić information content (AvgIpc) is 2.98. The van der Waals surface area contributed by atoms with E-state index in [9.17, 15) is 0 Å². The van der Waals surface area contributed by atoms with Crippen molar-refractivity contribution in [3.8, 4) is 0 Å². The second-order valence-corrected chi connectivity index (χ2v) is 6.86. The average molecular weight is 240 g/mol. The van der Waals surface area contributed by atoms with E-state index in [2.05, 4.69) is 24.3 Å². The molecule has 1 aromatic carbocycles. The van der Waals surface area contributed by atoms with Crippen molar-refractivity contribution in [1.29, 1.82) is 0 Å². The molecule has 0 heterocycles. The van der Waals surface area contributed by atoms with Gasteiger partial charge in [0.15, 0.2) is 0 Å². The van der Waals surface area contributed by atoms with Crippen LogP contribution in [0, 0.1) is 11.3 Å². The maximum atomic E-state index is 2.43. The van der Waals surface area contributed by atoms with Crippen molar-refractivity contribution in [2.75, 3.05) is 0 Å². The molecule has 0 N–H and O–H groups in total. The molecule has 0 spiro atoms. The molecule has 1 atom stereocenters. The fourth-order valence-electron chi connectivity index (χ4n) is 5.28. The Bertz CT molecular complexity index is 435. The van der Waals surface area contributed by atoms with E-state index in [0.717, 1.165) is 17.3 Å². The van der Waals surface area contributed by atoms with Gasteiger partial charge in [-0.1, -0.05) is 43.5 Å². The van der Waals surface area contributed by atoms with Gasteiger partial charge in [-0.15, -0.1) is 0 Å². The van der Waals surface area contributed by atoms with E-state index in [1.165, 1.54) is 57.8 Å². The monoisotopic (exact) mass is 240 g/mol. The molecular formula is C18H24. The molecule has 0 bridgehead atoms. The molecule has 0 nitrogen and oxygen atoms in total. The molecular weight excluding hydrogens is 216 g/mol. The summed E-state index contributed by atoms with van der Waals surface area (Å²) < 4.78 is 0. The summed E-state index contributed by atoms with van der Waals surface area (Å²) >= 11 is 0. The standard InChI is InChI=1S/C18H24/c1-4-9-16-14(6-1)10-11-17(16)18(12-5-13-18)15-7-2-3-8-15/h1,4,6,9,15,17H,2-3,5,7-8,10-13H2. The van der Waals surface area contributed by atoms with E-state index < -0.39 is 0 Å². The number of fused-ring (bicyclic) bond motifs is 1. The van der Waals surface area contributed by atoms with Crippen LogP contribution < -0.4 is 0 Å². The predicted molar refractivity (Wildman–Crippen MR) is 75.7 cm³/mol. The predicted octanol–water partition coefficient (Wildman–Crippen LogP) is 5.08. The molecule has 1 unspecified atom stereocenters. The molecule has 0 amide bonds. The van der Waals surface area contributed by atoms with Crippen LogP contribution in [-0.4, -0.2) is 0 Å². The summed E-state index contributed by atoms with van der Waals surface area (Å²) in [5.74, 6) is 1.97. The van der Waals surface area contributed by atoms with Crippen molar-refractivity contribution in [3.63, 3.8) is 0 Å². The summed E-state index contributed by atoms with van der Waals surface area (Å²) in [7, 11) is 0. The van der Waals surface area contributed by atoms with Crippen molar-refractivity contribution in [2.45, 2.75) is 63.7 Å². The second kappa shape index (κ2) is 4.11. The van der Waals surface area contributed by atoms with Crippen LogP contribution in [0.2, 0.25) is 0 Å². The number of aryl methyl sites for hydroxylation is 1. The highest BCUT2D eigenvalue weighted by molar-refractivity contribution is 5.37. The van der Waals surface area contributed by atoms with Gasteiger partial charge in [0.2, 0.25) is 0 Å². The minimum atomic E-state index is 0.725. The lowest BCUT2D eigenvalue weighted by atomic mass is 9.53. The Balaban J connectivity index is 1.70. The zero-order valence-corrected chi connectivity index (χ0v) is 11.3. The third-order valence-corrected chi connectivity index (χ3v) is 6.28. The van der Waals surface area contributed by atoms with Gasteiger partial charge in [0.1, 0.15) is 0 Å². The second-order valence-electron chi connectivity index (χ2n) is 6.86. The van der Waals surface area contributed by atoms with Gasteiger partial charge in [-0.05, 0) is 66.9 Å². The van der Waals surface area contributed by atoms with Crippen molar-refractivity contribution in [1.82, 2.24) is 0 Å². The van der Waals surface area contributed by atoms with Crippen LogP contribution in [-0.2, 0) is 6.42 Å². The number of hydrogen-bond donors (Lipinski definition) is 0. The van der Waals surface area contributed by atoms with Crippen LogP contribution in [0.25, 0.3) is 0 Å². The van der Waals surface area contributed by atoms with E-state index in [1.54, 1.807) is 11.1 Å². The lowest BCUT2D eigenvalue weighted by molar-refractivity contribution is 0.0186. The van der Waals surface area contributed by atoms with Crippen LogP contribution >= 0.6 is 0 Å². The maximum absolute atomic E-state index is 2.43. The van der Waals surface area contributed by atoms with Gasteiger partial charge >= 0.3 is 0 Å². The van der Waals surface area contributed by atoms with Crippen molar-refractivity contribution >= 4 is 0 Å². The van der Waals surface area contributed by atoms with Gasteiger partial charge in [0.25, 0.3) is 0 Å². The molecule has 3 aliphatic rings. The summed E-state index contributed by atoms with van der Waals surface area (Å²) in [5, 5.41) is 0. The van der Waals surface area contributed by atoms with E-state index in [1.807, 2.05) is 0 Å². The largest absolute Gasteiger partial charge is 0.0620 e. The van der Waals surface area contributed by atoms with Crippen LogP contribution in [0.15, 0.2) is 24.3 Å².